The highest BCUT2D eigenvalue weighted by Gasteiger charge is 2.22. The third-order valence-electron chi connectivity index (χ3n) is 2.17. The Hall–Kier alpha value is -1.43. The number of ether oxygens (including phenoxy) is 2. The third-order valence-corrected chi connectivity index (χ3v) is 2.17. The van der Waals surface area contributed by atoms with Crippen molar-refractivity contribution >= 4 is 18.2 Å². The van der Waals surface area contributed by atoms with E-state index in [1.807, 2.05) is 0 Å². The molecule has 0 aliphatic heterocycles. The molecule has 0 rings (SSSR count). The summed E-state index contributed by atoms with van der Waals surface area (Å²) in [5.41, 5.74) is 0. The Morgan fingerprint density at radius 3 is 2.25 bits per heavy atom. The lowest BCUT2D eigenvalue weighted by atomic mass is 9.96. The second-order valence-corrected chi connectivity index (χ2v) is 3.26. The first kappa shape index (κ1) is 14.6. The van der Waals surface area contributed by atoms with E-state index in [1.165, 1.54) is 14.2 Å². The predicted octanol–water partition coefficient (Wildman–Crippen LogP) is -0.321. The summed E-state index contributed by atoms with van der Waals surface area (Å²) in [5, 5.41) is 9.55. The molecule has 16 heavy (non-hydrogen) atoms. The van der Waals surface area contributed by atoms with Gasteiger partial charge in [0.05, 0.1) is 32.7 Å². The fraction of sp³-hybridized carbons (Fsp3) is 0.700. The highest BCUT2D eigenvalue weighted by molar-refractivity contribution is 5.74. The van der Waals surface area contributed by atoms with E-state index in [2.05, 4.69) is 9.47 Å². The largest absolute Gasteiger partial charge is 0.469 e. The molecule has 0 saturated carbocycles. The van der Waals surface area contributed by atoms with Crippen LogP contribution in [0.1, 0.15) is 19.3 Å². The summed E-state index contributed by atoms with van der Waals surface area (Å²) >= 11 is 0. The molecule has 0 aromatic heterocycles. The van der Waals surface area contributed by atoms with Crippen molar-refractivity contribution in [2.75, 3.05) is 14.2 Å². The highest BCUT2D eigenvalue weighted by atomic mass is 16.5. The van der Waals surface area contributed by atoms with Crippen LogP contribution in [0.25, 0.3) is 0 Å². The Bertz CT molecular complexity index is 250. The van der Waals surface area contributed by atoms with Crippen LogP contribution in [0.3, 0.4) is 0 Å². The van der Waals surface area contributed by atoms with Crippen LogP contribution in [0.15, 0.2) is 0 Å². The second-order valence-electron chi connectivity index (χ2n) is 3.26. The summed E-state index contributed by atoms with van der Waals surface area (Å²) in [4.78, 5) is 32.3. The molecule has 0 spiro atoms. The molecular weight excluding hydrogens is 216 g/mol. The lowest BCUT2D eigenvalue weighted by Gasteiger charge is -2.15. The molecule has 6 nitrogen and oxygen atoms in total. The zero-order valence-electron chi connectivity index (χ0n) is 9.34. The zero-order chi connectivity index (χ0) is 12.6. The molecule has 0 heterocycles. The first-order valence-electron chi connectivity index (χ1n) is 4.82. The number of rotatable bonds is 7. The van der Waals surface area contributed by atoms with Gasteiger partial charge in [-0.25, -0.2) is 0 Å². The lowest BCUT2D eigenvalue weighted by molar-refractivity contribution is -0.144. The predicted molar refractivity (Wildman–Crippen MR) is 53.4 cm³/mol. The van der Waals surface area contributed by atoms with Crippen molar-refractivity contribution in [2.45, 2.75) is 25.4 Å². The van der Waals surface area contributed by atoms with Gasteiger partial charge in [-0.2, -0.15) is 0 Å². The summed E-state index contributed by atoms with van der Waals surface area (Å²) in [5.74, 6) is -1.90. The minimum absolute atomic E-state index is 0.00315. The number of hydrogen-bond acceptors (Lipinski definition) is 6. The van der Waals surface area contributed by atoms with Crippen molar-refractivity contribution in [3.8, 4) is 0 Å². The van der Waals surface area contributed by atoms with Crippen LogP contribution in [-0.4, -0.2) is 43.7 Å². The lowest BCUT2D eigenvalue weighted by Crippen LogP contribution is -2.26. The number of methoxy groups -OCH3 is 2. The number of esters is 2. The van der Waals surface area contributed by atoms with Crippen molar-refractivity contribution in [3.05, 3.63) is 0 Å². The monoisotopic (exact) mass is 232 g/mol. The highest BCUT2D eigenvalue weighted by Crippen LogP contribution is 2.12. The minimum Gasteiger partial charge on any atom is -0.469 e. The SMILES string of the molecule is COC(=O)CCC(O)C(C=O)CC(=O)OC. The summed E-state index contributed by atoms with van der Waals surface area (Å²) in [6.07, 6.45) is -0.673. The van der Waals surface area contributed by atoms with Crippen molar-refractivity contribution in [1.29, 1.82) is 0 Å². The van der Waals surface area contributed by atoms with Gasteiger partial charge >= 0.3 is 11.9 Å². The number of aliphatic hydroxyl groups excluding tert-OH is 1. The molecule has 0 radical (unpaired) electrons. The van der Waals surface area contributed by atoms with Gasteiger partial charge in [-0.05, 0) is 6.42 Å². The van der Waals surface area contributed by atoms with E-state index < -0.39 is 24.0 Å². The molecule has 1 N–H and O–H groups in total. The average Bonchev–Trinajstić information content (AvgIpc) is 2.31. The maximum absolute atomic E-state index is 10.9. The molecule has 6 heteroatoms. The van der Waals surface area contributed by atoms with E-state index in [0.717, 1.165) is 0 Å². The van der Waals surface area contributed by atoms with Crippen molar-refractivity contribution in [3.63, 3.8) is 0 Å². The van der Waals surface area contributed by atoms with Crippen molar-refractivity contribution in [1.82, 2.24) is 0 Å². The Labute approximate surface area is 93.5 Å². The van der Waals surface area contributed by atoms with E-state index >= 15 is 0 Å². The summed E-state index contributed by atoms with van der Waals surface area (Å²) in [6, 6.07) is 0. The topological polar surface area (TPSA) is 89.9 Å². The zero-order valence-corrected chi connectivity index (χ0v) is 9.34. The van der Waals surface area contributed by atoms with Crippen LogP contribution in [0.2, 0.25) is 0 Å². The molecule has 0 aliphatic rings. The number of hydrogen-bond donors (Lipinski definition) is 1. The molecule has 2 atom stereocenters. The molecule has 0 saturated heterocycles. The maximum Gasteiger partial charge on any atom is 0.306 e. The molecule has 0 aromatic carbocycles. The fourth-order valence-electron chi connectivity index (χ4n) is 1.13. The van der Waals surface area contributed by atoms with Gasteiger partial charge in [0.25, 0.3) is 0 Å². The minimum atomic E-state index is -1.05. The van der Waals surface area contributed by atoms with E-state index in [0.29, 0.717) is 6.29 Å². The Morgan fingerprint density at radius 1 is 1.25 bits per heavy atom. The Kier molecular flexibility index (Phi) is 7.11. The third kappa shape index (κ3) is 5.45. The van der Waals surface area contributed by atoms with Crippen LogP contribution < -0.4 is 0 Å². The van der Waals surface area contributed by atoms with Crippen LogP contribution >= 0.6 is 0 Å². The molecule has 2 unspecified atom stereocenters. The Morgan fingerprint density at radius 2 is 1.81 bits per heavy atom. The fourth-order valence-corrected chi connectivity index (χ4v) is 1.13. The van der Waals surface area contributed by atoms with Crippen LogP contribution in [0.4, 0.5) is 0 Å². The van der Waals surface area contributed by atoms with Gasteiger partial charge in [0.2, 0.25) is 0 Å². The molecule has 0 aromatic rings. The van der Waals surface area contributed by atoms with E-state index in [4.69, 9.17) is 0 Å². The number of aldehydes is 1. The van der Waals surface area contributed by atoms with Crippen LogP contribution in [0.5, 0.6) is 0 Å². The van der Waals surface area contributed by atoms with Gasteiger partial charge in [0, 0.05) is 6.42 Å². The van der Waals surface area contributed by atoms with Crippen LogP contribution in [-0.2, 0) is 23.9 Å². The smallest absolute Gasteiger partial charge is 0.306 e. The first-order valence-corrected chi connectivity index (χ1v) is 4.82. The average molecular weight is 232 g/mol. The van der Waals surface area contributed by atoms with Gasteiger partial charge in [0.15, 0.2) is 0 Å². The number of aliphatic hydroxyl groups is 1. The van der Waals surface area contributed by atoms with Crippen LogP contribution in [0, 0.1) is 5.92 Å². The summed E-state index contributed by atoms with van der Waals surface area (Å²) < 4.78 is 8.77. The molecule has 0 fully saturated rings. The van der Waals surface area contributed by atoms with E-state index in [-0.39, 0.29) is 19.3 Å². The number of carbonyl (C=O) groups excluding carboxylic acids is 3. The molecule has 0 amide bonds. The normalized spacial score (nSPS) is 13.7. The maximum atomic E-state index is 10.9. The van der Waals surface area contributed by atoms with Crippen molar-refractivity contribution in [2.24, 2.45) is 5.92 Å². The van der Waals surface area contributed by atoms with Gasteiger partial charge < -0.3 is 19.4 Å². The summed E-state index contributed by atoms with van der Waals surface area (Å²) in [7, 11) is 2.44. The molecule has 0 aliphatic carbocycles. The van der Waals surface area contributed by atoms with Gasteiger partial charge in [-0.1, -0.05) is 0 Å². The van der Waals surface area contributed by atoms with E-state index in [9.17, 15) is 19.5 Å². The molecule has 0 bridgehead atoms. The molecular formula is C10H16O6. The second kappa shape index (κ2) is 7.81. The van der Waals surface area contributed by atoms with E-state index in [1.54, 1.807) is 0 Å². The quantitative estimate of drug-likeness (QED) is 0.478. The number of carbonyl (C=O) groups is 3. The summed E-state index contributed by atoms with van der Waals surface area (Å²) in [6.45, 7) is 0. The van der Waals surface area contributed by atoms with Gasteiger partial charge in [0.1, 0.15) is 6.29 Å². The first-order chi connectivity index (χ1) is 7.54. The molecule has 92 valence electrons. The standard InChI is InChI=1S/C10H16O6/c1-15-9(13)4-3-8(12)7(6-11)5-10(14)16-2/h6-8,12H,3-5H2,1-2H3. The van der Waals surface area contributed by atoms with Gasteiger partial charge in [-0.3, -0.25) is 9.59 Å². The Balaban J connectivity index is 4.10. The van der Waals surface area contributed by atoms with Crippen molar-refractivity contribution < 1.29 is 29.0 Å². The van der Waals surface area contributed by atoms with Gasteiger partial charge in [-0.15, -0.1) is 0 Å².